The van der Waals surface area contributed by atoms with Crippen molar-refractivity contribution in [3.8, 4) is 0 Å². The van der Waals surface area contributed by atoms with Crippen molar-refractivity contribution in [3.05, 3.63) is 34.9 Å². The van der Waals surface area contributed by atoms with Crippen LogP contribution in [-0.4, -0.2) is 25.7 Å². The number of benzene rings is 1. The highest BCUT2D eigenvalue weighted by molar-refractivity contribution is 7.91. The molecule has 1 aliphatic rings. The minimum Gasteiger partial charge on any atom is -0.294 e. The van der Waals surface area contributed by atoms with E-state index in [0.29, 0.717) is 6.42 Å². The van der Waals surface area contributed by atoms with Gasteiger partial charge in [-0.2, -0.15) is 0 Å². The SMILES string of the molecule is Cc1ccc(C(=O)CC2CCS(=O)(=O)C2)c(F)c1F. The molecule has 1 saturated heterocycles. The van der Waals surface area contributed by atoms with Gasteiger partial charge in [0, 0.05) is 6.42 Å². The molecule has 0 aromatic heterocycles. The fraction of sp³-hybridized carbons (Fsp3) is 0.462. The van der Waals surface area contributed by atoms with Gasteiger partial charge >= 0.3 is 0 Å². The maximum Gasteiger partial charge on any atom is 0.169 e. The molecule has 104 valence electrons. The quantitative estimate of drug-likeness (QED) is 0.802. The first-order valence-electron chi connectivity index (χ1n) is 5.98. The molecular weight excluding hydrogens is 274 g/mol. The van der Waals surface area contributed by atoms with Gasteiger partial charge in [-0.1, -0.05) is 6.07 Å². The molecular formula is C13H14F2O3S. The van der Waals surface area contributed by atoms with E-state index in [2.05, 4.69) is 0 Å². The number of Topliss-reactive ketones (excluding diaryl/α,β-unsaturated/α-hetero) is 1. The molecule has 1 aliphatic heterocycles. The summed E-state index contributed by atoms with van der Waals surface area (Å²) in [6, 6.07) is 2.59. The van der Waals surface area contributed by atoms with Crippen molar-refractivity contribution < 1.29 is 22.0 Å². The molecule has 1 unspecified atom stereocenters. The molecule has 0 radical (unpaired) electrons. The van der Waals surface area contributed by atoms with Crippen molar-refractivity contribution in [2.75, 3.05) is 11.5 Å². The molecule has 3 nitrogen and oxygen atoms in total. The number of sulfone groups is 1. The van der Waals surface area contributed by atoms with Gasteiger partial charge in [-0.05, 0) is 30.9 Å². The zero-order valence-electron chi connectivity index (χ0n) is 10.4. The van der Waals surface area contributed by atoms with Gasteiger partial charge in [0.1, 0.15) is 0 Å². The maximum absolute atomic E-state index is 13.6. The molecule has 1 atom stereocenters. The van der Waals surface area contributed by atoms with Crippen molar-refractivity contribution in [3.63, 3.8) is 0 Å². The van der Waals surface area contributed by atoms with Crippen LogP contribution >= 0.6 is 0 Å². The zero-order chi connectivity index (χ0) is 14.2. The van der Waals surface area contributed by atoms with Crippen LogP contribution in [0.2, 0.25) is 0 Å². The Bertz CT molecular complexity index is 623. The van der Waals surface area contributed by atoms with Gasteiger partial charge in [-0.15, -0.1) is 0 Å². The van der Waals surface area contributed by atoms with Gasteiger partial charge in [0.2, 0.25) is 0 Å². The summed E-state index contributed by atoms with van der Waals surface area (Å²) in [5.41, 5.74) is -0.162. The number of carbonyl (C=O) groups excluding carboxylic acids is 1. The van der Waals surface area contributed by atoms with E-state index < -0.39 is 27.3 Å². The zero-order valence-corrected chi connectivity index (χ0v) is 11.3. The van der Waals surface area contributed by atoms with Crippen LogP contribution < -0.4 is 0 Å². The monoisotopic (exact) mass is 288 g/mol. The number of hydrogen-bond donors (Lipinski definition) is 0. The van der Waals surface area contributed by atoms with Gasteiger partial charge in [0.05, 0.1) is 17.1 Å². The van der Waals surface area contributed by atoms with Gasteiger partial charge in [0.25, 0.3) is 0 Å². The number of rotatable bonds is 3. The van der Waals surface area contributed by atoms with E-state index >= 15 is 0 Å². The number of aryl methyl sites for hydroxylation is 1. The second kappa shape index (κ2) is 5.00. The molecule has 19 heavy (non-hydrogen) atoms. The summed E-state index contributed by atoms with van der Waals surface area (Å²) >= 11 is 0. The van der Waals surface area contributed by atoms with Gasteiger partial charge < -0.3 is 0 Å². The van der Waals surface area contributed by atoms with E-state index in [0.717, 1.165) is 0 Å². The van der Waals surface area contributed by atoms with Crippen LogP contribution in [0.1, 0.15) is 28.8 Å². The van der Waals surface area contributed by atoms with Gasteiger partial charge in [0.15, 0.2) is 27.3 Å². The Morgan fingerprint density at radius 2 is 2.00 bits per heavy atom. The standard InChI is InChI=1S/C13H14F2O3S/c1-8-2-3-10(13(15)12(8)14)11(16)6-9-4-5-19(17,18)7-9/h2-3,9H,4-7H2,1H3. The normalized spacial score (nSPS) is 21.5. The molecule has 1 fully saturated rings. The Kier molecular flexibility index (Phi) is 3.71. The minimum absolute atomic E-state index is 0.0469. The lowest BCUT2D eigenvalue weighted by Gasteiger charge is -2.08. The van der Waals surface area contributed by atoms with Crippen LogP contribution in [0.15, 0.2) is 12.1 Å². The Labute approximate surface area is 110 Å². The van der Waals surface area contributed by atoms with E-state index in [1.807, 2.05) is 0 Å². The van der Waals surface area contributed by atoms with Gasteiger partial charge in [-0.25, -0.2) is 17.2 Å². The highest BCUT2D eigenvalue weighted by Crippen LogP contribution is 2.25. The van der Waals surface area contributed by atoms with Crippen molar-refractivity contribution in [1.82, 2.24) is 0 Å². The summed E-state index contributed by atoms with van der Waals surface area (Å²) < 4.78 is 49.5. The van der Waals surface area contributed by atoms with E-state index in [1.54, 1.807) is 0 Å². The molecule has 1 heterocycles. The van der Waals surface area contributed by atoms with Crippen LogP contribution in [0, 0.1) is 24.5 Å². The summed E-state index contributed by atoms with van der Waals surface area (Å²) in [5.74, 6) is -2.99. The second-order valence-electron chi connectivity index (χ2n) is 4.95. The summed E-state index contributed by atoms with van der Waals surface area (Å²) in [7, 11) is -3.07. The molecule has 1 aromatic carbocycles. The number of halogens is 2. The van der Waals surface area contributed by atoms with Crippen molar-refractivity contribution in [2.24, 2.45) is 5.92 Å². The average molecular weight is 288 g/mol. The first kappa shape index (κ1) is 14.1. The largest absolute Gasteiger partial charge is 0.294 e. The molecule has 0 spiro atoms. The molecule has 0 saturated carbocycles. The lowest BCUT2D eigenvalue weighted by atomic mass is 9.97. The summed E-state index contributed by atoms with van der Waals surface area (Å²) in [5, 5.41) is 0. The fourth-order valence-electron chi connectivity index (χ4n) is 2.27. The summed E-state index contributed by atoms with van der Waals surface area (Å²) in [4.78, 5) is 11.9. The average Bonchev–Trinajstić information content (AvgIpc) is 2.65. The van der Waals surface area contributed by atoms with Crippen LogP contribution in [0.25, 0.3) is 0 Å². The smallest absolute Gasteiger partial charge is 0.169 e. The topological polar surface area (TPSA) is 51.2 Å². The third kappa shape index (κ3) is 3.00. The maximum atomic E-state index is 13.6. The molecule has 0 N–H and O–H groups in total. The second-order valence-corrected chi connectivity index (χ2v) is 7.18. The van der Waals surface area contributed by atoms with Crippen LogP contribution in [0.4, 0.5) is 8.78 Å². The highest BCUT2D eigenvalue weighted by Gasteiger charge is 2.30. The van der Waals surface area contributed by atoms with Crippen LogP contribution in [0.3, 0.4) is 0 Å². The Morgan fingerprint density at radius 1 is 1.32 bits per heavy atom. The fourth-order valence-corrected chi connectivity index (χ4v) is 4.13. The number of hydrogen-bond acceptors (Lipinski definition) is 3. The summed E-state index contributed by atoms with van der Waals surface area (Å²) in [6.07, 6.45) is 0.350. The predicted molar refractivity (Wildman–Crippen MR) is 66.8 cm³/mol. The van der Waals surface area contributed by atoms with Crippen LogP contribution in [-0.2, 0) is 9.84 Å². The third-order valence-electron chi connectivity index (χ3n) is 3.38. The molecule has 2 rings (SSSR count). The lowest BCUT2D eigenvalue weighted by molar-refractivity contribution is 0.0960. The molecule has 0 aliphatic carbocycles. The number of carbonyl (C=O) groups is 1. The first-order chi connectivity index (χ1) is 8.80. The molecule has 6 heteroatoms. The highest BCUT2D eigenvalue weighted by atomic mass is 32.2. The first-order valence-corrected chi connectivity index (χ1v) is 7.80. The van der Waals surface area contributed by atoms with Crippen molar-refractivity contribution in [2.45, 2.75) is 19.8 Å². The van der Waals surface area contributed by atoms with E-state index in [9.17, 15) is 22.0 Å². The Balaban J connectivity index is 2.15. The number of ketones is 1. The lowest BCUT2D eigenvalue weighted by Crippen LogP contribution is -2.13. The third-order valence-corrected chi connectivity index (χ3v) is 5.21. The Hall–Kier alpha value is -1.30. The summed E-state index contributed by atoms with van der Waals surface area (Å²) in [6.45, 7) is 1.41. The van der Waals surface area contributed by atoms with Gasteiger partial charge in [-0.3, -0.25) is 4.79 Å². The molecule has 0 bridgehead atoms. The molecule has 1 aromatic rings. The van der Waals surface area contributed by atoms with E-state index in [1.165, 1.54) is 19.1 Å². The van der Waals surface area contributed by atoms with Crippen LogP contribution in [0.5, 0.6) is 0 Å². The predicted octanol–water partition coefficient (Wildman–Crippen LogP) is 2.28. The van der Waals surface area contributed by atoms with Crippen molar-refractivity contribution >= 4 is 15.6 Å². The molecule has 0 amide bonds. The van der Waals surface area contributed by atoms with E-state index in [4.69, 9.17) is 0 Å². The Morgan fingerprint density at radius 3 is 2.58 bits per heavy atom. The minimum atomic E-state index is -3.07. The van der Waals surface area contributed by atoms with Crippen molar-refractivity contribution in [1.29, 1.82) is 0 Å². The van der Waals surface area contributed by atoms with E-state index in [-0.39, 0.29) is 35.0 Å².